The third-order valence-corrected chi connectivity index (χ3v) is 4.91. The van der Waals surface area contributed by atoms with Gasteiger partial charge in [-0.1, -0.05) is 36.4 Å². The molecule has 25 heavy (non-hydrogen) atoms. The molecule has 1 aliphatic rings. The van der Waals surface area contributed by atoms with Crippen LogP contribution in [0.3, 0.4) is 0 Å². The van der Waals surface area contributed by atoms with Crippen molar-refractivity contribution in [2.24, 2.45) is 0 Å². The minimum atomic E-state index is 0.0194. The summed E-state index contributed by atoms with van der Waals surface area (Å²) in [7, 11) is 1.88. The standard InChI is InChI=1S/C21H24N2O2/c1-15(24)17-9-5-10-18(13-17)22-14-21(25)23(2)20-12-6-8-16-7-3-4-11-19(16)20/h3-5,7,9-11,13,20,22H,6,8,12,14H2,1-2H3. The summed E-state index contributed by atoms with van der Waals surface area (Å²) in [6, 6.07) is 15.8. The van der Waals surface area contributed by atoms with Crippen molar-refractivity contribution in [2.75, 3.05) is 18.9 Å². The monoisotopic (exact) mass is 336 g/mol. The SMILES string of the molecule is CC(=O)c1cccc(NCC(=O)N(C)C2CCCc3ccccc32)c1. The number of fused-ring (bicyclic) bond motifs is 1. The number of nitrogens with zero attached hydrogens (tertiary/aromatic N) is 1. The minimum absolute atomic E-state index is 0.0194. The lowest BCUT2D eigenvalue weighted by Gasteiger charge is -2.33. The van der Waals surface area contributed by atoms with Gasteiger partial charge in [0, 0.05) is 18.3 Å². The first-order valence-electron chi connectivity index (χ1n) is 8.74. The van der Waals surface area contributed by atoms with E-state index in [1.807, 2.05) is 30.1 Å². The van der Waals surface area contributed by atoms with E-state index in [0.29, 0.717) is 5.56 Å². The van der Waals surface area contributed by atoms with Crippen molar-refractivity contribution in [1.82, 2.24) is 4.90 Å². The minimum Gasteiger partial charge on any atom is -0.376 e. The predicted octanol–water partition coefficient (Wildman–Crippen LogP) is 3.84. The number of aryl methyl sites for hydroxylation is 1. The Kier molecular flexibility index (Phi) is 5.17. The molecule has 0 fully saturated rings. The highest BCUT2D eigenvalue weighted by Crippen LogP contribution is 2.33. The van der Waals surface area contributed by atoms with E-state index in [1.54, 1.807) is 19.1 Å². The second kappa shape index (κ2) is 7.51. The van der Waals surface area contributed by atoms with Crippen LogP contribution in [0.5, 0.6) is 0 Å². The van der Waals surface area contributed by atoms with Gasteiger partial charge in [-0.3, -0.25) is 9.59 Å². The van der Waals surface area contributed by atoms with Crippen LogP contribution in [-0.4, -0.2) is 30.2 Å². The molecule has 1 aliphatic carbocycles. The van der Waals surface area contributed by atoms with Crippen molar-refractivity contribution in [3.05, 3.63) is 65.2 Å². The van der Waals surface area contributed by atoms with Crippen LogP contribution in [0.1, 0.15) is 47.3 Å². The summed E-state index contributed by atoms with van der Waals surface area (Å²) in [6.07, 6.45) is 3.19. The molecule has 4 nitrogen and oxygen atoms in total. The number of anilines is 1. The number of hydrogen-bond donors (Lipinski definition) is 1. The molecule has 0 radical (unpaired) electrons. The molecule has 1 amide bonds. The lowest BCUT2D eigenvalue weighted by atomic mass is 9.87. The zero-order valence-electron chi connectivity index (χ0n) is 14.8. The van der Waals surface area contributed by atoms with Crippen LogP contribution in [0.4, 0.5) is 5.69 Å². The zero-order valence-corrected chi connectivity index (χ0v) is 14.8. The Morgan fingerprint density at radius 1 is 1.16 bits per heavy atom. The second-order valence-electron chi connectivity index (χ2n) is 6.60. The first kappa shape index (κ1) is 17.2. The maximum atomic E-state index is 12.6. The maximum Gasteiger partial charge on any atom is 0.242 e. The van der Waals surface area contributed by atoms with Crippen LogP contribution < -0.4 is 5.32 Å². The van der Waals surface area contributed by atoms with Crippen molar-refractivity contribution in [1.29, 1.82) is 0 Å². The van der Waals surface area contributed by atoms with Crippen LogP contribution in [0.15, 0.2) is 48.5 Å². The van der Waals surface area contributed by atoms with E-state index < -0.39 is 0 Å². The van der Waals surface area contributed by atoms with Crippen LogP contribution in [0, 0.1) is 0 Å². The van der Waals surface area contributed by atoms with Crippen molar-refractivity contribution in [3.63, 3.8) is 0 Å². The molecule has 3 rings (SSSR count). The van der Waals surface area contributed by atoms with E-state index in [4.69, 9.17) is 0 Å². The van der Waals surface area contributed by atoms with E-state index in [2.05, 4.69) is 23.5 Å². The fraction of sp³-hybridized carbons (Fsp3) is 0.333. The molecule has 0 heterocycles. The molecule has 1 N–H and O–H groups in total. The topological polar surface area (TPSA) is 49.4 Å². The molecule has 0 saturated heterocycles. The molecule has 1 unspecified atom stereocenters. The number of benzene rings is 2. The number of Topliss-reactive ketones (excluding diaryl/α,β-unsaturated/α-hetero) is 1. The van der Waals surface area contributed by atoms with Crippen molar-refractivity contribution >= 4 is 17.4 Å². The van der Waals surface area contributed by atoms with E-state index >= 15 is 0 Å². The van der Waals surface area contributed by atoms with Crippen LogP contribution in [0.2, 0.25) is 0 Å². The average Bonchev–Trinajstić information content (AvgIpc) is 2.65. The fourth-order valence-corrected chi connectivity index (χ4v) is 3.45. The average molecular weight is 336 g/mol. The van der Waals surface area contributed by atoms with Crippen LogP contribution in [-0.2, 0) is 11.2 Å². The molecule has 0 saturated carbocycles. The summed E-state index contributed by atoms with van der Waals surface area (Å²) in [6.45, 7) is 1.76. The Morgan fingerprint density at radius 3 is 2.76 bits per heavy atom. The van der Waals surface area contributed by atoms with Gasteiger partial charge in [-0.25, -0.2) is 0 Å². The van der Waals surface area contributed by atoms with Gasteiger partial charge in [0.25, 0.3) is 0 Å². The number of carbonyl (C=O) groups is 2. The molecule has 0 aromatic heterocycles. The number of likely N-dealkylation sites (N-methyl/N-ethyl adjacent to an activating group) is 1. The van der Waals surface area contributed by atoms with Gasteiger partial charge < -0.3 is 10.2 Å². The number of carbonyl (C=O) groups excluding carboxylic acids is 2. The van der Waals surface area contributed by atoms with Gasteiger partial charge in [0.15, 0.2) is 5.78 Å². The van der Waals surface area contributed by atoms with E-state index in [9.17, 15) is 9.59 Å². The molecular formula is C21H24N2O2. The van der Waals surface area contributed by atoms with Gasteiger partial charge in [-0.15, -0.1) is 0 Å². The van der Waals surface area contributed by atoms with Gasteiger partial charge >= 0.3 is 0 Å². The Balaban J connectivity index is 1.66. The highest BCUT2D eigenvalue weighted by Gasteiger charge is 2.26. The number of nitrogens with one attached hydrogen (secondary N) is 1. The summed E-state index contributed by atoms with van der Waals surface area (Å²) < 4.78 is 0. The van der Waals surface area contributed by atoms with E-state index in [-0.39, 0.29) is 24.3 Å². The van der Waals surface area contributed by atoms with Crippen LogP contribution in [0.25, 0.3) is 0 Å². The largest absolute Gasteiger partial charge is 0.376 e. The number of amides is 1. The molecule has 0 bridgehead atoms. The lowest BCUT2D eigenvalue weighted by molar-refractivity contribution is -0.130. The maximum absolute atomic E-state index is 12.6. The molecule has 4 heteroatoms. The van der Waals surface area contributed by atoms with Crippen molar-refractivity contribution in [3.8, 4) is 0 Å². The van der Waals surface area contributed by atoms with E-state index in [0.717, 1.165) is 24.9 Å². The van der Waals surface area contributed by atoms with Gasteiger partial charge in [0.1, 0.15) is 0 Å². The number of ketones is 1. The zero-order chi connectivity index (χ0) is 17.8. The molecule has 130 valence electrons. The predicted molar refractivity (Wildman–Crippen MR) is 99.8 cm³/mol. The van der Waals surface area contributed by atoms with Gasteiger partial charge in [0.2, 0.25) is 5.91 Å². The van der Waals surface area contributed by atoms with Crippen LogP contribution >= 0.6 is 0 Å². The third-order valence-electron chi connectivity index (χ3n) is 4.91. The highest BCUT2D eigenvalue weighted by atomic mass is 16.2. The second-order valence-corrected chi connectivity index (χ2v) is 6.60. The molecule has 2 aromatic carbocycles. The summed E-state index contributed by atoms with van der Waals surface area (Å²) in [5.41, 5.74) is 4.05. The fourth-order valence-electron chi connectivity index (χ4n) is 3.45. The summed E-state index contributed by atoms with van der Waals surface area (Å²) in [5, 5.41) is 3.14. The Labute approximate surface area is 148 Å². The van der Waals surface area contributed by atoms with E-state index in [1.165, 1.54) is 11.1 Å². The summed E-state index contributed by atoms with van der Waals surface area (Å²) in [5.74, 6) is 0.0702. The lowest BCUT2D eigenvalue weighted by Crippen LogP contribution is -2.37. The molecular weight excluding hydrogens is 312 g/mol. The summed E-state index contributed by atoms with van der Waals surface area (Å²) >= 11 is 0. The van der Waals surface area contributed by atoms with Gasteiger partial charge in [0.05, 0.1) is 12.6 Å². The highest BCUT2D eigenvalue weighted by molar-refractivity contribution is 5.95. The molecule has 0 spiro atoms. The molecule has 2 aromatic rings. The first-order valence-corrected chi connectivity index (χ1v) is 8.74. The van der Waals surface area contributed by atoms with Gasteiger partial charge in [-0.05, 0) is 49.4 Å². The summed E-state index contributed by atoms with van der Waals surface area (Å²) in [4.78, 5) is 26.0. The molecule has 0 aliphatic heterocycles. The quantitative estimate of drug-likeness (QED) is 0.844. The Hall–Kier alpha value is -2.62. The first-order chi connectivity index (χ1) is 12.1. The molecule has 1 atom stereocenters. The van der Waals surface area contributed by atoms with Gasteiger partial charge in [-0.2, -0.15) is 0 Å². The van der Waals surface area contributed by atoms with Crippen molar-refractivity contribution < 1.29 is 9.59 Å². The number of rotatable bonds is 5. The van der Waals surface area contributed by atoms with Crippen molar-refractivity contribution in [2.45, 2.75) is 32.2 Å². The third kappa shape index (κ3) is 3.90. The Bertz CT molecular complexity index is 785. The number of hydrogen-bond acceptors (Lipinski definition) is 3. The Morgan fingerprint density at radius 2 is 1.96 bits per heavy atom. The smallest absolute Gasteiger partial charge is 0.242 e. The normalized spacial score (nSPS) is 16.0.